The second kappa shape index (κ2) is 9.08. The highest BCUT2D eigenvalue weighted by Gasteiger charge is 2.30. The van der Waals surface area contributed by atoms with E-state index in [1.807, 2.05) is 41.1 Å². The zero-order valence-corrected chi connectivity index (χ0v) is 17.5. The van der Waals surface area contributed by atoms with Gasteiger partial charge in [0.05, 0.1) is 11.3 Å². The molecule has 1 N–H and O–H groups in total. The first-order chi connectivity index (χ1) is 15.3. The van der Waals surface area contributed by atoms with Gasteiger partial charge in [-0.3, -0.25) is 4.79 Å². The monoisotopic (exact) mass is 458 g/mol. The lowest BCUT2D eigenvalue weighted by molar-refractivity contribution is -0.137. The molecular formula is C24H18F4N2OS. The molecule has 3 nitrogen and oxygen atoms in total. The number of aromatic nitrogens is 1. The molecule has 8 heteroatoms. The molecule has 0 unspecified atom stereocenters. The molecule has 0 bridgehead atoms. The third-order valence-electron chi connectivity index (χ3n) is 4.83. The maximum absolute atomic E-state index is 13.5. The summed E-state index contributed by atoms with van der Waals surface area (Å²) in [6.45, 7) is 0.468. The van der Waals surface area contributed by atoms with Crippen LogP contribution in [0.5, 0.6) is 0 Å². The van der Waals surface area contributed by atoms with E-state index in [0.29, 0.717) is 6.54 Å². The molecule has 0 radical (unpaired) electrons. The number of halogens is 4. The summed E-state index contributed by atoms with van der Waals surface area (Å²) in [4.78, 5) is 13.2. The molecule has 0 saturated heterocycles. The van der Waals surface area contributed by atoms with Crippen molar-refractivity contribution in [3.05, 3.63) is 95.9 Å². The molecule has 1 aromatic heterocycles. The summed E-state index contributed by atoms with van der Waals surface area (Å²) in [5.41, 5.74) is 1.03. The predicted octanol–water partition coefficient (Wildman–Crippen LogP) is 6.58. The number of anilines is 1. The van der Waals surface area contributed by atoms with E-state index in [1.54, 1.807) is 6.07 Å². The average Bonchev–Trinajstić information content (AvgIpc) is 3.09. The largest absolute Gasteiger partial charge is 0.416 e. The van der Waals surface area contributed by atoms with Gasteiger partial charge >= 0.3 is 6.18 Å². The van der Waals surface area contributed by atoms with Gasteiger partial charge in [0.2, 0.25) is 5.91 Å². The molecule has 4 aromatic rings. The highest BCUT2D eigenvalue weighted by atomic mass is 32.2. The number of carbonyl (C=O) groups excluding carboxylic acids is 1. The predicted molar refractivity (Wildman–Crippen MR) is 118 cm³/mol. The Balaban J connectivity index is 1.48. The Kier molecular flexibility index (Phi) is 6.23. The minimum Gasteiger partial charge on any atom is -0.342 e. The lowest BCUT2D eigenvalue weighted by Crippen LogP contribution is -2.15. The zero-order valence-electron chi connectivity index (χ0n) is 16.7. The van der Waals surface area contributed by atoms with E-state index in [9.17, 15) is 22.4 Å². The van der Waals surface area contributed by atoms with E-state index in [2.05, 4.69) is 5.32 Å². The highest BCUT2D eigenvalue weighted by Crippen LogP contribution is 2.32. The molecule has 0 aliphatic rings. The smallest absolute Gasteiger partial charge is 0.342 e. The Bertz CT molecular complexity index is 1270. The second-order valence-electron chi connectivity index (χ2n) is 7.18. The molecule has 1 amide bonds. The number of hydrogen-bond acceptors (Lipinski definition) is 2. The molecule has 1 heterocycles. The fourth-order valence-corrected chi connectivity index (χ4v) is 4.29. The first-order valence-electron chi connectivity index (χ1n) is 9.72. The van der Waals surface area contributed by atoms with Crippen molar-refractivity contribution in [3.8, 4) is 0 Å². The number of fused-ring (bicyclic) bond motifs is 1. The maximum atomic E-state index is 13.5. The van der Waals surface area contributed by atoms with Crippen LogP contribution in [0.15, 0.2) is 83.9 Å². The summed E-state index contributed by atoms with van der Waals surface area (Å²) in [6.07, 6.45) is -2.57. The van der Waals surface area contributed by atoms with E-state index in [0.717, 1.165) is 33.5 Å². The van der Waals surface area contributed by atoms with E-state index in [1.165, 1.54) is 36.0 Å². The fraction of sp³-hybridized carbons (Fsp3) is 0.125. The van der Waals surface area contributed by atoms with Gasteiger partial charge in [0.15, 0.2) is 0 Å². The molecule has 0 aliphatic carbocycles. The first-order valence-corrected chi connectivity index (χ1v) is 10.7. The van der Waals surface area contributed by atoms with Crippen molar-refractivity contribution in [3.63, 3.8) is 0 Å². The van der Waals surface area contributed by atoms with Crippen molar-refractivity contribution in [1.82, 2.24) is 4.57 Å². The molecule has 0 fully saturated rings. The van der Waals surface area contributed by atoms with Crippen LogP contribution in [0.1, 0.15) is 11.1 Å². The van der Waals surface area contributed by atoms with Crippen molar-refractivity contribution in [2.75, 3.05) is 11.1 Å². The number of nitrogens with one attached hydrogen (secondary N) is 1. The average molecular weight is 458 g/mol. The minimum atomic E-state index is -4.47. The number of para-hydroxylation sites is 1. The quantitative estimate of drug-likeness (QED) is 0.262. The molecule has 3 aromatic carbocycles. The third-order valence-corrected chi connectivity index (χ3v) is 5.87. The summed E-state index contributed by atoms with van der Waals surface area (Å²) < 4.78 is 54.1. The highest BCUT2D eigenvalue weighted by molar-refractivity contribution is 8.00. The van der Waals surface area contributed by atoms with Crippen molar-refractivity contribution < 1.29 is 22.4 Å². The van der Waals surface area contributed by atoms with Crippen LogP contribution in [0.4, 0.5) is 23.2 Å². The summed E-state index contributed by atoms with van der Waals surface area (Å²) >= 11 is 1.29. The topological polar surface area (TPSA) is 34.0 Å². The van der Waals surface area contributed by atoms with Crippen LogP contribution in [0.25, 0.3) is 10.9 Å². The number of alkyl halides is 3. The number of thioether (sulfide) groups is 1. The van der Waals surface area contributed by atoms with Crippen LogP contribution in [0.3, 0.4) is 0 Å². The molecule has 0 aliphatic heterocycles. The van der Waals surface area contributed by atoms with E-state index in [-0.39, 0.29) is 17.3 Å². The molecule has 32 heavy (non-hydrogen) atoms. The van der Waals surface area contributed by atoms with Gasteiger partial charge in [0, 0.05) is 34.2 Å². The van der Waals surface area contributed by atoms with Gasteiger partial charge in [-0.1, -0.05) is 36.4 Å². The number of benzene rings is 3. The Morgan fingerprint density at radius 3 is 2.53 bits per heavy atom. The lowest BCUT2D eigenvalue weighted by Gasteiger charge is -2.09. The van der Waals surface area contributed by atoms with E-state index >= 15 is 0 Å². The Hall–Kier alpha value is -3.26. The number of amides is 1. The maximum Gasteiger partial charge on any atom is 0.416 e. The van der Waals surface area contributed by atoms with Crippen molar-refractivity contribution in [2.45, 2.75) is 17.6 Å². The standard InChI is InChI=1S/C24H18F4N2OS/c25-18-7-3-5-16(11-18)13-30-14-22(20-9-1-2-10-21(20)30)32-15-23(31)29-19-8-4-6-17(12-19)24(26,27)28/h1-12,14H,13,15H2,(H,29,31). The molecule has 0 saturated carbocycles. The molecule has 164 valence electrons. The molecular weight excluding hydrogens is 440 g/mol. The number of carbonyl (C=O) groups is 1. The van der Waals surface area contributed by atoms with Crippen LogP contribution in [-0.2, 0) is 17.5 Å². The Morgan fingerprint density at radius 1 is 0.969 bits per heavy atom. The number of rotatable bonds is 6. The van der Waals surface area contributed by atoms with Gasteiger partial charge in [0.25, 0.3) is 0 Å². The van der Waals surface area contributed by atoms with Crippen molar-refractivity contribution in [2.24, 2.45) is 0 Å². The Labute approximate surface area is 186 Å². The second-order valence-corrected chi connectivity index (χ2v) is 8.20. The van der Waals surface area contributed by atoms with Crippen LogP contribution in [0.2, 0.25) is 0 Å². The summed E-state index contributed by atoms with van der Waals surface area (Å²) in [5.74, 6) is -0.680. The van der Waals surface area contributed by atoms with Gasteiger partial charge in [-0.25, -0.2) is 4.39 Å². The summed E-state index contributed by atoms with van der Waals surface area (Å²) in [6, 6.07) is 18.6. The van der Waals surface area contributed by atoms with Crippen LogP contribution >= 0.6 is 11.8 Å². The van der Waals surface area contributed by atoms with Crippen LogP contribution in [0, 0.1) is 5.82 Å². The third kappa shape index (κ3) is 5.13. The van der Waals surface area contributed by atoms with Crippen LogP contribution < -0.4 is 5.32 Å². The van der Waals surface area contributed by atoms with Crippen molar-refractivity contribution >= 4 is 34.3 Å². The van der Waals surface area contributed by atoms with Crippen molar-refractivity contribution in [1.29, 1.82) is 0 Å². The van der Waals surface area contributed by atoms with Gasteiger partial charge < -0.3 is 9.88 Å². The normalized spacial score (nSPS) is 11.6. The van der Waals surface area contributed by atoms with Gasteiger partial charge in [-0.2, -0.15) is 13.2 Å². The molecule has 0 atom stereocenters. The zero-order chi connectivity index (χ0) is 22.7. The summed E-state index contributed by atoms with van der Waals surface area (Å²) in [5, 5.41) is 3.46. The SMILES string of the molecule is O=C(CSc1cn(Cc2cccc(F)c2)c2ccccc12)Nc1cccc(C(F)(F)F)c1. The minimum absolute atomic E-state index is 0.0320. The van der Waals surface area contributed by atoms with E-state index < -0.39 is 17.6 Å². The van der Waals surface area contributed by atoms with Crippen LogP contribution in [-0.4, -0.2) is 16.2 Å². The number of nitrogens with zero attached hydrogens (tertiary/aromatic N) is 1. The van der Waals surface area contributed by atoms with Gasteiger partial charge in [-0.05, 0) is 42.0 Å². The van der Waals surface area contributed by atoms with Gasteiger partial charge in [0.1, 0.15) is 5.82 Å². The van der Waals surface area contributed by atoms with Gasteiger partial charge in [-0.15, -0.1) is 11.8 Å². The van der Waals surface area contributed by atoms with E-state index in [4.69, 9.17) is 0 Å². The molecule has 4 rings (SSSR count). The first kappa shape index (κ1) is 22.0. The Morgan fingerprint density at radius 2 is 1.75 bits per heavy atom. The summed E-state index contributed by atoms with van der Waals surface area (Å²) in [7, 11) is 0. The molecule has 0 spiro atoms. The fourth-order valence-electron chi connectivity index (χ4n) is 3.40. The lowest BCUT2D eigenvalue weighted by atomic mass is 10.2. The number of hydrogen-bond donors (Lipinski definition) is 1.